The summed E-state index contributed by atoms with van der Waals surface area (Å²) in [6, 6.07) is 10.9. The number of ether oxygens (including phenoxy) is 4. The summed E-state index contributed by atoms with van der Waals surface area (Å²) in [6.45, 7) is 3.14. The summed E-state index contributed by atoms with van der Waals surface area (Å²) >= 11 is 0. The monoisotopic (exact) mass is 553 g/mol. The third-order valence-electron chi connectivity index (χ3n) is 5.36. The smallest absolute Gasteiger partial charge is 0.364 e. The molecular weight excluding hydrogens is 526 g/mol. The Morgan fingerprint density at radius 1 is 1.18 bits per heavy atom. The fraction of sp³-hybridized carbons (Fsp3) is 0.308. The molecular formula is C26H27N5O9. The van der Waals surface area contributed by atoms with Crippen LogP contribution in [-0.2, 0) is 14.4 Å². The number of hydrogen-bond acceptors (Lipinski definition) is 12. The minimum atomic E-state index is -1.57. The molecule has 0 aromatic heterocycles. The molecule has 0 saturated heterocycles. The Bertz CT molecular complexity index is 1430. The first-order valence-electron chi connectivity index (χ1n) is 11.8. The molecule has 210 valence electrons. The molecule has 14 nitrogen and oxygen atoms in total. The highest BCUT2D eigenvalue weighted by Gasteiger charge is 2.45. The van der Waals surface area contributed by atoms with E-state index >= 15 is 0 Å². The molecule has 2 aromatic rings. The van der Waals surface area contributed by atoms with Crippen molar-refractivity contribution in [3.05, 3.63) is 74.8 Å². The van der Waals surface area contributed by atoms with Crippen LogP contribution in [0.5, 0.6) is 17.2 Å². The molecule has 1 aliphatic heterocycles. The van der Waals surface area contributed by atoms with E-state index in [-0.39, 0.29) is 40.9 Å². The minimum absolute atomic E-state index is 0.0267. The fourth-order valence-electron chi connectivity index (χ4n) is 3.64. The summed E-state index contributed by atoms with van der Waals surface area (Å²) in [5, 5.41) is 22.4. The van der Waals surface area contributed by atoms with Crippen molar-refractivity contribution in [2.45, 2.75) is 20.2 Å². The van der Waals surface area contributed by atoms with Crippen LogP contribution >= 0.6 is 0 Å². The fourth-order valence-corrected chi connectivity index (χ4v) is 3.64. The van der Waals surface area contributed by atoms with Crippen LogP contribution in [-0.4, -0.2) is 73.7 Å². The number of carbonyl (C=O) groups excluding carboxylic acids is 2. The maximum Gasteiger partial charge on any atom is 0.364 e. The van der Waals surface area contributed by atoms with Gasteiger partial charge in [0, 0.05) is 25.7 Å². The van der Waals surface area contributed by atoms with Crippen LogP contribution in [0.2, 0.25) is 0 Å². The molecule has 40 heavy (non-hydrogen) atoms. The van der Waals surface area contributed by atoms with Gasteiger partial charge in [-0.25, -0.2) is 9.79 Å². The quantitative estimate of drug-likeness (QED) is 0.241. The van der Waals surface area contributed by atoms with Crippen molar-refractivity contribution in [3.63, 3.8) is 0 Å². The van der Waals surface area contributed by atoms with Gasteiger partial charge >= 0.3 is 17.5 Å². The number of rotatable bonds is 10. The average molecular weight is 554 g/mol. The molecule has 1 unspecified atom stereocenters. The van der Waals surface area contributed by atoms with Crippen molar-refractivity contribution in [1.82, 2.24) is 9.96 Å². The number of nitriles is 1. The molecule has 1 atom stereocenters. The van der Waals surface area contributed by atoms with Gasteiger partial charge in [-0.2, -0.15) is 10.3 Å². The van der Waals surface area contributed by atoms with Crippen molar-refractivity contribution in [3.8, 4) is 23.3 Å². The standard InChI is InChI=1S/C26H27N5O9/c1-7-38-25(33)21-22(31(34)35)24(39-18-11-15(2)10-17(13-18)23(32)29(3)4)30(37-6)26(28-21)40-20-12-16(14-27)8-9-19(20)36-5/h8-13,26H,7H2,1-6H3. The molecule has 2 aromatic carbocycles. The lowest BCUT2D eigenvalue weighted by Crippen LogP contribution is -2.46. The number of esters is 1. The van der Waals surface area contributed by atoms with Gasteiger partial charge < -0.3 is 23.8 Å². The van der Waals surface area contributed by atoms with Crippen molar-refractivity contribution in [2.75, 3.05) is 34.9 Å². The van der Waals surface area contributed by atoms with Gasteiger partial charge in [0.05, 0.1) is 37.4 Å². The van der Waals surface area contributed by atoms with Crippen LogP contribution in [0.25, 0.3) is 0 Å². The highest BCUT2D eigenvalue weighted by Crippen LogP contribution is 2.33. The van der Waals surface area contributed by atoms with Crippen LogP contribution in [0, 0.1) is 28.4 Å². The summed E-state index contributed by atoms with van der Waals surface area (Å²) in [6.07, 6.45) is -1.57. The number of nitro groups is 1. The Kier molecular flexibility index (Phi) is 9.25. The maximum atomic E-state index is 12.8. The molecule has 1 heterocycles. The predicted octanol–water partition coefficient (Wildman–Crippen LogP) is 2.65. The number of methoxy groups -OCH3 is 1. The predicted molar refractivity (Wildman–Crippen MR) is 139 cm³/mol. The molecule has 0 spiro atoms. The van der Waals surface area contributed by atoms with Gasteiger partial charge in [0.25, 0.3) is 12.3 Å². The number of aliphatic imine (C=N–C) groups is 1. The highest BCUT2D eigenvalue weighted by atomic mass is 16.7. The maximum absolute atomic E-state index is 12.8. The van der Waals surface area contributed by atoms with Crippen molar-refractivity contribution < 1.29 is 38.3 Å². The van der Waals surface area contributed by atoms with Gasteiger partial charge in [-0.15, -0.1) is 0 Å². The molecule has 0 N–H and O–H groups in total. The molecule has 0 bridgehead atoms. The van der Waals surface area contributed by atoms with E-state index in [0.717, 1.165) is 5.06 Å². The number of carbonyl (C=O) groups is 2. The van der Waals surface area contributed by atoms with Gasteiger partial charge in [-0.1, -0.05) is 0 Å². The summed E-state index contributed by atoms with van der Waals surface area (Å²) in [7, 11) is 5.71. The summed E-state index contributed by atoms with van der Waals surface area (Å²) < 4.78 is 22.2. The van der Waals surface area contributed by atoms with Gasteiger partial charge in [0.1, 0.15) is 5.75 Å². The van der Waals surface area contributed by atoms with Crippen LogP contribution in [0.3, 0.4) is 0 Å². The highest BCUT2D eigenvalue weighted by molar-refractivity contribution is 6.42. The normalized spacial score (nSPS) is 14.6. The van der Waals surface area contributed by atoms with E-state index in [2.05, 4.69) is 4.99 Å². The Labute approximate surface area is 229 Å². The SMILES string of the molecule is CCOC(=O)C1=NC(Oc2cc(C#N)ccc2OC)N(OC)C(Oc2cc(C)cc(C(=O)N(C)C)c2)=C1[N+](=O)[O-]. The molecule has 0 saturated carbocycles. The van der Waals surface area contributed by atoms with Crippen LogP contribution < -0.4 is 14.2 Å². The number of amides is 1. The van der Waals surface area contributed by atoms with E-state index in [1.54, 1.807) is 27.1 Å². The third-order valence-corrected chi connectivity index (χ3v) is 5.36. The topological polar surface area (TPSA) is 166 Å². The summed E-state index contributed by atoms with van der Waals surface area (Å²) in [5.41, 5.74) is -0.460. The van der Waals surface area contributed by atoms with E-state index < -0.39 is 34.5 Å². The van der Waals surface area contributed by atoms with Gasteiger partial charge in [-0.05, 0) is 49.7 Å². The lowest BCUT2D eigenvalue weighted by Gasteiger charge is -2.32. The number of hydroxylamine groups is 2. The lowest BCUT2D eigenvalue weighted by molar-refractivity contribution is -0.422. The van der Waals surface area contributed by atoms with Gasteiger partial charge in [0.2, 0.25) is 5.71 Å². The van der Waals surface area contributed by atoms with Crippen molar-refractivity contribution in [1.29, 1.82) is 5.26 Å². The van der Waals surface area contributed by atoms with E-state index in [1.807, 2.05) is 6.07 Å². The van der Waals surface area contributed by atoms with Gasteiger partial charge in [0.15, 0.2) is 11.5 Å². The molecule has 0 fully saturated rings. The zero-order valence-electron chi connectivity index (χ0n) is 22.7. The minimum Gasteiger partial charge on any atom is -0.493 e. The van der Waals surface area contributed by atoms with Gasteiger partial charge in [-0.3, -0.25) is 19.7 Å². The first kappa shape index (κ1) is 29.4. The van der Waals surface area contributed by atoms with Crippen LogP contribution in [0.4, 0.5) is 0 Å². The van der Waals surface area contributed by atoms with Crippen molar-refractivity contribution in [2.24, 2.45) is 4.99 Å². The summed E-state index contributed by atoms with van der Waals surface area (Å²) in [4.78, 5) is 47.7. The molecule has 1 amide bonds. The Hall–Kier alpha value is -5.16. The molecule has 3 rings (SSSR count). The largest absolute Gasteiger partial charge is 0.493 e. The first-order valence-corrected chi connectivity index (χ1v) is 11.8. The molecule has 1 aliphatic rings. The molecule has 0 radical (unpaired) electrons. The van der Waals surface area contributed by atoms with Crippen LogP contribution in [0.15, 0.2) is 53.0 Å². The second-order valence-corrected chi connectivity index (χ2v) is 8.38. The van der Waals surface area contributed by atoms with E-state index in [0.29, 0.717) is 5.56 Å². The first-order chi connectivity index (χ1) is 19.0. The van der Waals surface area contributed by atoms with E-state index in [9.17, 15) is 25.0 Å². The molecule has 0 aliphatic carbocycles. The summed E-state index contributed by atoms with van der Waals surface area (Å²) in [5.74, 6) is -1.73. The Balaban J connectivity index is 2.19. The zero-order chi connectivity index (χ0) is 29.6. The second-order valence-electron chi connectivity index (χ2n) is 8.38. The number of benzene rings is 2. The molecule has 14 heteroatoms. The van der Waals surface area contributed by atoms with E-state index in [1.165, 1.54) is 56.4 Å². The average Bonchev–Trinajstić information content (AvgIpc) is 2.91. The lowest BCUT2D eigenvalue weighted by atomic mass is 10.1. The second kappa shape index (κ2) is 12.6. The third kappa shape index (κ3) is 6.27. The van der Waals surface area contributed by atoms with Crippen LogP contribution in [0.1, 0.15) is 28.4 Å². The number of hydrogen-bond donors (Lipinski definition) is 0. The zero-order valence-corrected chi connectivity index (χ0v) is 22.7. The van der Waals surface area contributed by atoms with Crippen molar-refractivity contribution >= 4 is 17.6 Å². The number of aryl methyl sites for hydroxylation is 1. The number of nitrogens with zero attached hydrogens (tertiary/aromatic N) is 5. The Morgan fingerprint density at radius 3 is 2.48 bits per heavy atom. The Morgan fingerprint density at radius 2 is 1.90 bits per heavy atom. The van der Waals surface area contributed by atoms with E-state index in [4.69, 9.17) is 23.8 Å².